The average molecular weight is 406 g/mol. The van der Waals surface area contributed by atoms with E-state index in [4.69, 9.17) is 25.8 Å². The summed E-state index contributed by atoms with van der Waals surface area (Å²) in [5.74, 6) is 0.382. The molecule has 6 nitrogen and oxygen atoms in total. The van der Waals surface area contributed by atoms with Crippen LogP contribution in [0.4, 0.5) is 0 Å². The highest BCUT2D eigenvalue weighted by atomic mass is 35.5. The Bertz CT molecular complexity index is 972. The molecule has 1 heterocycles. The lowest BCUT2D eigenvalue weighted by molar-refractivity contribution is 0.0465. The SMILES string of the molecule is COc1ccc(-c2nc(COC(=O)c3cc(Cl)ccc3O)cs2)cc1OC. The number of aromatic hydroxyl groups is 1. The van der Waals surface area contributed by atoms with Gasteiger partial charge in [-0.3, -0.25) is 0 Å². The van der Waals surface area contributed by atoms with Crippen molar-refractivity contribution in [1.82, 2.24) is 4.98 Å². The molecule has 0 aliphatic carbocycles. The molecule has 3 rings (SSSR count). The lowest BCUT2D eigenvalue weighted by Crippen LogP contribution is -2.05. The number of nitrogens with zero attached hydrogens (tertiary/aromatic N) is 1. The zero-order valence-electron chi connectivity index (χ0n) is 14.6. The molecule has 0 fully saturated rings. The zero-order chi connectivity index (χ0) is 19.4. The van der Waals surface area contributed by atoms with E-state index in [0.717, 1.165) is 10.6 Å². The molecule has 0 saturated heterocycles. The Morgan fingerprint density at radius 3 is 2.67 bits per heavy atom. The summed E-state index contributed by atoms with van der Waals surface area (Å²) in [7, 11) is 3.14. The van der Waals surface area contributed by atoms with Gasteiger partial charge in [-0.2, -0.15) is 0 Å². The molecular weight excluding hydrogens is 390 g/mol. The summed E-state index contributed by atoms with van der Waals surface area (Å²) in [6.45, 7) is -0.0193. The molecule has 3 aromatic rings. The highest BCUT2D eigenvalue weighted by molar-refractivity contribution is 7.13. The van der Waals surface area contributed by atoms with Gasteiger partial charge >= 0.3 is 5.97 Å². The smallest absolute Gasteiger partial charge is 0.342 e. The third kappa shape index (κ3) is 4.32. The van der Waals surface area contributed by atoms with Crippen molar-refractivity contribution >= 4 is 28.9 Å². The molecule has 8 heteroatoms. The van der Waals surface area contributed by atoms with Gasteiger partial charge in [-0.15, -0.1) is 11.3 Å². The molecule has 0 atom stereocenters. The molecule has 0 saturated carbocycles. The average Bonchev–Trinajstić information content (AvgIpc) is 3.16. The summed E-state index contributed by atoms with van der Waals surface area (Å²) in [5.41, 5.74) is 1.47. The van der Waals surface area contributed by atoms with Gasteiger partial charge in [-0.05, 0) is 36.4 Å². The number of aromatic nitrogens is 1. The summed E-state index contributed by atoms with van der Waals surface area (Å²) in [6, 6.07) is 9.70. The molecule has 0 unspecified atom stereocenters. The van der Waals surface area contributed by atoms with Crippen molar-refractivity contribution in [2.45, 2.75) is 6.61 Å². The quantitative estimate of drug-likeness (QED) is 0.606. The number of carbonyl (C=O) groups excluding carboxylic acids is 1. The van der Waals surface area contributed by atoms with Crippen LogP contribution in [0.5, 0.6) is 17.2 Å². The normalized spacial score (nSPS) is 10.5. The maximum atomic E-state index is 12.1. The van der Waals surface area contributed by atoms with Crippen LogP contribution in [0, 0.1) is 0 Å². The first-order valence-corrected chi connectivity index (χ1v) is 9.10. The third-order valence-electron chi connectivity index (χ3n) is 3.71. The van der Waals surface area contributed by atoms with Gasteiger partial charge in [0.05, 0.1) is 19.9 Å². The fraction of sp³-hybridized carbons (Fsp3) is 0.158. The van der Waals surface area contributed by atoms with Crippen LogP contribution < -0.4 is 9.47 Å². The molecule has 0 aliphatic rings. The number of hydrogen-bond acceptors (Lipinski definition) is 7. The third-order valence-corrected chi connectivity index (χ3v) is 4.89. The van der Waals surface area contributed by atoms with Crippen molar-refractivity contribution in [3.05, 3.63) is 58.1 Å². The van der Waals surface area contributed by atoms with Crippen molar-refractivity contribution in [2.24, 2.45) is 0 Å². The van der Waals surface area contributed by atoms with E-state index in [1.165, 1.54) is 29.5 Å². The molecule has 0 radical (unpaired) electrons. The molecule has 1 N–H and O–H groups in total. The highest BCUT2D eigenvalue weighted by Crippen LogP contribution is 2.33. The van der Waals surface area contributed by atoms with E-state index in [9.17, 15) is 9.90 Å². The second-order valence-corrected chi connectivity index (χ2v) is 6.75. The predicted molar refractivity (Wildman–Crippen MR) is 103 cm³/mol. The van der Waals surface area contributed by atoms with Gasteiger partial charge in [-0.25, -0.2) is 9.78 Å². The van der Waals surface area contributed by atoms with Gasteiger partial charge < -0.3 is 19.3 Å². The van der Waals surface area contributed by atoms with E-state index in [-0.39, 0.29) is 17.9 Å². The molecule has 140 valence electrons. The number of carbonyl (C=O) groups is 1. The first-order chi connectivity index (χ1) is 13.0. The minimum absolute atomic E-state index is 0.0119. The Morgan fingerprint density at radius 2 is 1.93 bits per heavy atom. The van der Waals surface area contributed by atoms with Crippen LogP contribution in [-0.2, 0) is 11.3 Å². The van der Waals surface area contributed by atoms with Crippen molar-refractivity contribution in [2.75, 3.05) is 14.2 Å². The second kappa shape index (κ2) is 8.28. The van der Waals surface area contributed by atoms with Gasteiger partial charge in [0, 0.05) is 16.0 Å². The first-order valence-electron chi connectivity index (χ1n) is 7.84. The second-order valence-electron chi connectivity index (χ2n) is 5.45. The van der Waals surface area contributed by atoms with E-state index in [1.54, 1.807) is 25.7 Å². The maximum absolute atomic E-state index is 12.1. The molecule has 1 aromatic heterocycles. The Morgan fingerprint density at radius 1 is 1.15 bits per heavy atom. The Labute approximate surface area is 164 Å². The number of esters is 1. The summed E-state index contributed by atoms with van der Waals surface area (Å²) in [5, 5.41) is 12.6. The number of hydrogen-bond donors (Lipinski definition) is 1. The van der Waals surface area contributed by atoms with E-state index in [2.05, 4.69) is 4.98 Å². The van der Waals surface area contributed by atoms with Crippen LogP contribution in [0.1, 0.15) is 16.1 Å². The number of ether oxygens (including phenoxy) is 3. The molecule has 0 bridgehead atoms. The summed E-state index contributed by atoms with van der Waals surface area (Å²) >= 11 is 7.27. The lowest BCUT2D eigenvalue weighted by Gasteiger charge is -2.08. The minimum Gasteiger partial charge on any atom is -0.507 e. The van der Waals surface area contributed by atoms with Crippen molar-refractivity contribution in [3.63, 3.8) is 0 Å². The summed E-state index contributed by atoms with van der Waals surface area (Å²) in [6.07, 6.45) is 0. The molecule has 2 aromatic carbocycles. The summed E-state index contributed by atoms with van der Waals surface area (Å²) in [4.78, 5) is 16.6. The number of phenolic OH excluding ortho intramolecular Hbond substituents is 1. The highest BCUT2D eigenvalue weighted by Gasteiger charge is 2.15. The van der Waals surface area contributed by atoms with Crippen molar-refractivity contribution in [1.29, 1.82) is 0 Å². The van der Waals surface area contributed by atoms with Gasteiger partial charge in [0.25, 0.3) is 0 Å². The van der Waals surface area contributed by atoms with Gasteiger partial charge in [0.2, 0.25) is 0 Å². The molecular formula is C19H16ClNO5S. The number of methoxy groups -OCH3 is 2. The fourth-order valence-corrected chi connectivity index (χ4v) is 3.34. The topological polar surface area (TPSA) is 77.9 Å². The standard InChI is InChI=1S/C19H16ClNO5S/c1-24-16-6-3-11(7-17(16)25-2)18-21-13(10-27-18)9-26-19(23)14-8-12(20)4-5-15(14)22/h3-8,10,22H,9H2,1-2H3. The zero-order valence-corrected chi connectivity index (χ0v) is 16.1. The van der Waals surface area contributed by atoms with Gasteiger partial charge in [-0.1, -0.05) is 11.6 Å². The van der Waals surface area contributed by atoms with Crippen molar-refractivity contribution in [3.8, 4) is 27.8 Å². The Balaban J connectivity index is 1.71. The van der Waals surface area contributed by atoms with E-state index in [0.29, 0.717) is 22.2 Å². The first kappa shape index (κ1) is 19.0. The molecule has 0 aliphatic heterocycles. The molecule has 27 heavy (non-hydrogen) atoms. The van der Waals surface area contributed by atoms with Crippen LogP contribution in [0.2, 0.25) is 5.02 Å². The van der Waals surface area contributed by atoms with Gasteiger partial charge in [0.1, 0.15) is 22.9 Å². The van der Waals surface area contributed by atoms with Crippen LogP contribution in [0.25, 0.3) is 10.6 Å². The minimum atomic E-state index is -0.671. The Hall–Kier alpha value is -2.77. The lowest BCUT2D eigenvalue weighted by atomic mass is 10.2. The van der Waals surface area contributed by atoms with Crippen LogP contribution >= 0.6 is 22.9 Å². The predicted octanol–water partition coefficient (Wildman–Crippen LogP) is 4.54. The van der Waals surface area contributed by atoms with E-state index < -0.39 is 5.97 Å². The fourth-order valence-electron chi connectivity index (χ4n) is 2.36. The largest absolute Gasteiger partial charge is 0.507 e. The molecule has 0 amide bonds. The molecule has 0 spiro atoms. The number of thiazole rings is 1. The summed E-state index contributed by atoms with van der Waals surface area (Å²) < 4.78 is 15.8. The number of benzene rings is 2. The number of rotatable bonds is 6. The van der Waals surface area contributed by atoms with E-state index in [1.807, 2.05) is 12.1 Å². The maximum Gasteiger partial charge on any atom is 0.342 e. The van der Waals surface area contributed by atoms with Gasteiger partial charge in [0.15, 0.2) is 11.5 Å². The number of halogens is 1. The number of phenols is 1. The van der Waals surface area contributed by atoms with Crippen LogP contribution in [-0.4, -0.2) is 30.3 Å². The monoisotopic (exact) mass is 405 g/mol. The Kier molecular flexibility index (Phi) is 5.83. The van der Waals surface area contributed by atoms with Crippen LogP contribution in [0.3, 0.4) is 0 Å². The van der Waals surface area contributed by atoms with E-state index >= 15 is 0 Å². The van der Waals surface area contributed by atoms with Crippen LogP contribution in [0.15, 0.2) is 41.8 Å². The van der Waals surface area contributed by atoms with Crippen molar-refractivity contribution < 1.29 is 24.1 Å².